The Balaban J connectivity index is 2.53. The van der Waals surface area contributed by atoms with Gasteiger partial charge in [-0.25, -0.2) is 0 Å². The van der Waals surface area contributed by atoms with Crippen molar-refractivity contribution in [2.45, 2.75) is 52.1 Å². The largest absolute Gasteiger partial charge is 0.388 e. The lowest BCUT2D eigenvalue weighted by molar-refractivity contribution is -0.117. The quantitative estimate of drug-likeness (QED) is 0.858. The lowest BCUT2D eigenvalue weighted by atomic mass is 9.91. The van der Waals surface area contributed by atoms with Gasteiger partial charge in [0.05, 0.1) is 12.0 Å². The molecule has 3 heteroatoms. The van der Waals surface area contributed by atoms with Crippen molar-refractivity contribution in [2.24, 2.45) is 0 Å². The van der Waals surface area contributed by atoms with Gasteiger partial charge in [0.2, 0.25) is 5.91 Å². The van der Waals surface area contributed by atoms with E-state index < -0.39 is 6.10 Å². The molecule has 1 amide bonds. The van der Waals surface area contributed by atoms with E-state index in [1.165, 1.54) is 0 Å². The molecule has 1 aliphatic rings. The van der Waals surface area contributed by atoms with Crippen LogP contribution in [0.3, 0.4) is 0 Å². The van der Waals surface area contributed by atoms with Gasteiger partial charge in [0.15, 0.2) is 0 Å². The molecule has 2 rings (SSSR count). The molecular weight excluding hydrogens is 226 g/mol. The molecular formula is C15H21NO2. The molecule has 2 unspecified atom stereocenters. The Hall–Kier alpha value is -1.35. The summed E-state index contributed by atoms with van der Waals surface area (Å²) in [5.74, 6) is 0.0274. The molecule has 1 heterocycles. The molecule has 0 radical (unpaired) electrons. The monoisotopic (exact) mass is 247 g/mol. The number of anilines is 1. The van der Waals surface area contributed by atoms with E-state index in [1.54, 1.807) is 0 Å². The fourth-order valence-electron chi connectivity index (χ4n) is 2.64. The Morgan fingerprint density at radius 3 is 2.61 bits per heavy atom. The van der Waals surface area contributed by atoms with Crippen LogP contribution in [0.2, 0.25) is 0 Å². The summed E-state index contributed by atoms with van der Waals surface area (Å²) in [4.78, 5) is 11.9. The second kappa shape index (κ2) is 5.11. The van der Waals surface area contributed by atoms with Crippen molar-refractivity contribution >= 4 is 11.6 Å². The van der Waals surface area contributed by atoms with Gasteiger partial charge in [0.1, 0.15) is 0 Å². The van der Waals surface area contributed by atoms with Crippen molar-refractivity contribution in [1.82, 2.24) is 0 Å². The third kappa shape index (κ3) is 2.03. The number of hydrogen-bond donors (Lipinski definition) is 2. The van der Waals surface area contributed by atoms with Crippen LogP contribution in [-0.4, -0.2) is 11.0 Å². The van der Waals surface area contributed by atoms with Crippen LogP contribution in [0, 0.1) is 0 Å². The van der Waals surface area contributed by atoms with E-state index >= 15 is 0 Å². The van der Waals surface area contributed by atoms with Crippen LogP contribution in [0.1, 0.15) is 62.3 Å². The van der Waals surface area contributed by atoms with E-state index in [4.69, 9.17) is 0 Å². The minimum absolute atomic E-state index is 0.0608. The zero-order valence-electron chi connectivity index (χ0n) is 11.3. The maximum Gasteiger partial charge on any atom is 0.232 e. The fraction of sp³-hybridized carbons (Fsp3) is 0.533. The minimum Gasteiger partial charge on any atom is -0.388 e. The molecule has 0 saturated heterocycles. The molecule has 0 saturated carbocycles. The number of fused-ring (bicyclic) bond motifs is 1. The van der Waals surface area contributed by atoms with Crippen LogP contribution in [0.4, 0.5) is 5.69 Å². The van der Waals surface area contributed by atoms with E-state index in [-0.39, 0.29) is 11.8 Å². The molecule has 1 aromatic rings. The number of benzene rings is 1. The van der Waals surface area contributed by atoms with Gasteiger partial charge < -0.3 is 10.4 Å². The Bertz CT molecular complexity index is 468. The predicted molar refractivity (Wildman–Crippen MR) is 72.7 cm³/mol. The van der Waals surface area contributed by atoms with E-state index in [1.807, 2.05) is 26.0 Å². The van der Waals surface area contributed by atoms with Gasteiger partial charge in [-0.1, -0.05) is 32.9 Å². The van der Waals surface area contributed by atoms with Crippen molar-refractivity contribution < 1.29 is 9.90 Å². The predicted octanol–water partition coefficient (Wildman–Crippen LogP) is 3.14. The summed E-state index contributed by atoms with van der Waals surface area (Å²) in [6.07, 6.45) is 1.92. The van der Waals surface area contributed by atoms with Crippen LogP contribution in [0.15, 0.2) is 12.1 Å². The second-order valence-corrected chi connectivity index (χ2v) is 4.87. The SMILES string of the molecule is CCc1cc(C(O)CC)cc2c1NC(=O)C2CC. The first kappa shape index (κ1) is 13.1. The van der Waals surface area contributed by atoms with Crippen molar-refractivity contribution in [2.75, 3.05) is 5.32 Å². The average Bonchev–Trinajstić information content (AvgIpc) is 2.71. The third-order valence-electron chi connectivity index (χ3n) is 3.77. The lowest BCUT2D eigenvalue weighted by Gasteiger charge is -2.15. The zero-order chi connectivity index (χ0) is 13.3. The average molecular weight is 247 g/mol. The van der Waals surface area contributed by atoms with Crippen molar-refractivity contribution in [1.29, 1.82) is 0 Å². The first-order valence-corrected chi connectivity index (χ1v) is 6.77. The van der Waals surface area contributed by atoms with Crippen LogP contribution < -0.4 is 5.32 Å². The maximum atomic E-state index is 11.9. The number of aryl methyl sites for hydroxylation is 1. The van der Waals surface area contributed by atoms with E-state index in [2.05, 4.69) is 12.2 Å². The number of amides is 1. The normalized spacial score (nSPS) is 19.6. The van der Waals surface area contributed by atoms with E-state index in [0.29, 0.717) is 6.42 Å². The molecule has 0 aromatic heterocycles. The van der Waals surface area contributed by atoms with Gasteiger partial charge in [-0.05, 0) is 36.0 Å². The summed E-state index contributed by atoms with van der Waals surface area (Å²) in [6, 6.07) is 4.01. The Kier molecular flexibility index (Phi) is 3.71. The smallest absolute Gasteiger partial charge is 0.232 e. The Labute approximate surface area is 108 Å². The fourth-order valence-corrected chi connectivity index (χ4v) is 2.64. The molecule has 0 bridgehead atoms. The number of carbonyl (C=O) groups excluding carboxylic acids is 1. The first-order chi connectivity index (χ1) is 8.62. The first-order valence-electron chi connectivity index (χ1n) is 6.77. The number of hydrogen-bond acceptors (Lipinski definition) is 2. The number of nitrogens with one attached hydrogen (secondary N) is 1. The topological polar surface area (TPSA) is 49.3 Å². The molecule has 98 valence electrons. The highest BCUT2D eigenvalue weighted by Crippen LogP contribution is 2.39. The standard InChI is InChI=1S/C15H21NO2/c1-4-9-7-10(13(17)6-3)8-12-11(5-2)15(18)16-14(9)12/h7-8,11,13,17H,4-6H2,1-3H3,(H,16,18). The van der Waals surface area contributed by atoms with Crippen molar-refractivity contribution in [3.63, 3.8) is 0 Å². The van der Waals surface area contributed by atoms with Crippen LogP contribution >= 0.6 is 0 Å². The number of rotatable bonds is 4. The van der Waals surface area contributed by atoms with Gasteiger partial charge in [-0.3, -0.25) is 4.79 Å². The third-order valence-corrected chi connectivity index (χ3v) is 3.77. The number of carbonyl (C=O) groups is 1. The molecule has 2 atom stereocenters. The van der Waals surface area contributed by atoms with Crippen molar-refractivity contribution in [3.05, 3.63) is 28.8 Å². The highest BCUT2D eigenvalue weighted by molar-refractivity contribution is 6.03. The molecule has 0 fully saturated rings. The van der Waals surface area contributed by atoms with Gasteiger partial charge in [0, 0.05) is 5.69 Å². The van der Waals surface area contributed by atoms with Gasteiger partial charge in [-0.15, -0.1) is 0 Å². The Morgan fingerprint density at radius 2 is 2.06 bits per heavy atom. The zero-order valence-corrected chi connectivity index (χ0v) is 11.3. The Morgan fingerprint density at radius 1 is 1.33 bits per heavy atom. The van der Waals surface area contributed by atoms with Gasteiger partial charge in [0.25, 0.3) is 0 Å². The molecule has 2 N–H and O–H groups in total. The summed E-state index contributed by atoms with van der Waals surface area (Å²) < 4.78 is 0. The summed E-state index contributed by atoms with van der Waals surface area (Å²) in [5.41, 5.74) is 4.09. The summed E-state index contributed by atoms with van der Waals surface area (Å²) in [7, 11) is 0. The molecule has 0 aliphatic carbocycles. The molecule has 1 aromatic carbocycles. The molecule has 1 aliphatic heterocycles. The van der Waals surface area contributed by atoms with Crippen LogP contribution in [0.5, 0.6) is 0 Å². The molecule has 18 heavy (non-hydrogen) atoms. The van der Waals surface area contributed by atoms with Gasteiger partial charge in [-0.2, -0.15) is 0 Å². The van der Waals surface area contributed by atoms with E-state index in [0.717, 1.165) is 35.2 Å². The highest BCUT2D eigenvalue weighted by atomic mass is 16.3. The lowest BCUT2D eigenvalue weighted by Crippen LogP contribution is -2.10. The molecule has 3 nitrogen and oxygen atoms in total. The van der Waals surface area contributed by atoms with Crippen LogP contribution in [-0.2, 0) is 11.2 Å². The number of aliphatic hydroxyl groups is 1. The minimum atomic E-state index is -0.436. The summed E-state index contributed by atoms with van der Waals surface area (Å²) in [6.45, 7) is 6.06. The van der Waals surface area contributed by atoms with Crippen molar-refractivity contribution in [3.8, 4) is 0 Å². The maximum absolute atomic E-state index is 11.9. The van der Waals surface area contributed by atoms with Crippen LogP contribution in [0.25, 0.3) is 0 Å². The molecule has 0 spiro atoms. The second-order valence-electron chi connectivity index (χ2n) is 4.87. The van der Waals surface area contributed by atoms with E-state index in [9.17, 15) is 9.90 Å². The highest BCUT2D eigenvalue weighted by Gasteiger charge is 2.31. The van der Waals surface area contributed by atoms with Gasteiger partial charge >= 0.3 is 0 Å². The summed E-state index contributed by atoms with van der Waals surface area (Å²) in [5, 5.41) is 13.0. The summed E-state index contributed by atoms with van der Waals surface area (Å²) >= 11 is 0. The number of aliphatic hydroxyl groups excluding tert-OH is 1.